The van der Waals surface area contributed by atoms with Crippen LogP contribution < -0.4 is 10.5 Å². The molecular weight excluding hydrogens is 274 g/mol. The zero-order chi connectivity index (χ0) is 14.0. The number of nitrogens with one attached hydrogen (secondary N) is 1. The molecule has 0 spiro atoms. The summed E-state index contributed by atoms with van der Waals surface area (Å²) in [5.41, 5.74) is -0.0636. The summed E-state index contributed by atoms with van der Waals surface area (Å²) in [6.07, 6.45) is 0.744. The van der Waals surface area contributed by atoms with Crippen LogP contribution in [0.25, 0.3) is 0 Å². The number of hydrogen-bond acceptors (Lipinski definition) is 6. The number of ether oxygens (including phenoxy) is 1. The third kappa shape index (κ3) is 3.19. The normalized spacial score (nSPS) is 19.3. The highest BCUT2D eigenvalue weighted by atomic mass is 32.2. The molecule has 1 fully saturated rings. The molecule has 1 aromatic rings. The van der Waals surface area contributed by atoms with Crippen LogP contribution in [0.15, 0.2) is 23.1 Å². The Labute approximate surface area is 109 Å². The predicted octanol–water partition coefficient (Wildman–Crippen LogP) is 0.443. The minimum Gasteiger partial charge on any atom is -0.379 e. The molecule has 104 valence electrons. The maximum Gasteiger partial charge on any atom is 0.293 e. The summed E-state index contributed by atoms with van der Waals surface area (Å²) in [4.78, 5) is 10.0. The van der Waals surface area contributed by atoms with Crippen LogP contribution in [0.4, 0.5) is 11.4 Å². The van der Waals surface area contributed by atoms with Gasteiger partial charge in [-0.2, -0.15) is 0 Å². The Balaban J connectivity index is 2.35. The van der Waals surface area contributed by atoms with Crippen LogP contribution in [0.3, 0.4) is 0 Å². The van der Waals surface area contributed by atoms with Crippen molar-refractivity contribution in [1.82, 2.24) is 0 Å². The van der Waals surface area contributed by atoms with E-state index in [0.29, 0.717) is 13.2 Å². The van der Waals surface area contributed by atoms with Gasteiger partial charge in [0.1, 0.15) is 5.69 Å². The molecule has 3 N–H and O–H groups in total. The fourth-order valence-corrected chi connectivity index (χ4v) is 2.36. The monoisotopic (exact) mass is 287 g/mol. The summed E-state index contributed by atoms with van der Waals surface area (Å²) in [6, 6.07) is 3.52. The van der Waals surface area contributed by atoms with Gasteiger partial charge in [0, 0.05) is 12.7 Å². The number of sulfonamides is 1. The highest BCUT2D eigenvalue weighted by Crippen LogP contribution is 2.28. The zero-order valence-corrected chi connectivity index (χ0v) is 10.7. The lowest BCUT2D eigenvalue weighted by molar-refractivity contribution is -0.384. The number of primary sulfonamides is 1. The summed E-state index contributed by atoms with van der Waals surface area (Å²) >= 11 is 0. The minimum absolute atomic E-state index is 0.0148. The van der Waals surface area contributed by atoms with Gasteiger partial charge >= 0.3 is 0 Å². The van der Waals surface area contributed by atoms with E-state index in [4.69, 9.17) is 9.88 Å². The molecule has 9 heteroatoms. The number of nitrogens with zero attached hydrogens (tertiary/aromatic N) is 1. The van der Waals surface area contributed by atoms with Crippen molar-refractivity contribution >= 4 is 21.4 Å². The molecule has 1 heterocycles. The third-order valence-corrected chi connectivity index (χ3v) is 3.69. The summed E-state index contributed by atoms with van der Waals surface area (Å²) in [7, 11) is -3.96. The van der Waals surface area contributed by atoms with Gasteiger partial charge in [0.15, 0.2) is 0 Å². The van der Waals surface area contributed by atoms with E-state index < -0.39 is 14.9 Å². The molecule has 8 nitrogen and oxygen atoms in total. The first-order chi connectivity index (χ1) is 8.88. The Kier molecular flexibility index (Phi) is 3.69. The standard InChI is InChI=1S/C10H13N3O5S/c11-19(16,17)8-1-2-9(10(5-8)13(14)15)12-7-3-4-18-6-7/h1-2,5,7,12H,3-4,6H2,(H2,11,16,17). The number of nitrogens with two attached hydrogens (primary N) is 1. The van der Waals surface area contributed by atoms with Gasteiger partial charge in [0.25, 0.3) is 5.69 Å². The fraction of sp³-hybridized carbons (Fsp3) is 0.400. The van der Waals surface area contributed by atoms with Crippen molar-refractivity contribution in [2.24, 2.45) is 5.14 Å². The van der Waals surface area contributed by atoms with Crippen molar-refractivity contribution in [3.63, 3.8) is 0 Å². The third-order valence-electron chi connectivity index (χ3n) is 2.78. The summed E-state index contributed by atoms with van der Waals surface area (Å²) in [5.74, 6) is 0. The molecule has 0 saturated carbocycles. The quantitative estimate of drug-likeness (QED) is 0.611. The molecule has 1 aromatic carbocycles. The molecule has 1 atom stereocenters. The van der Waals surface area contributed by atoms with Crippen LogP contribution >= 0.6 is 0 Å². The molecule has 1 aliphatic rings. The lowest BCUT2D eigenvalue weighted by atomic mass is 10.2. The molecule has 0 radical (unpaired) electrons. The Morgan fingerprint density at radius 3 is 2.74 bits per heavy atom. The first kappa shape index (κ1) is 13.7. The van der Waals surface area contributed by atoms with Crippen LogP contribution in [0, 0.1) is 10.1 Å². The van der Waals surface area contributed by atoms with Gasteiger partial charge in [-0.1, -0.05) is 0 Å². The molecule has 0 bridgehead atoms. The van der Waals surface area contributed by atoms with Crippen LogP contribution in [0.1, 0.15) is 6.42 Å². The number of rotatable bonds is 4. The second-order valence-corrected chi connectivity index (χ2v) is 5.75. The van der Waals surface area contributed by atoms with Gasteiger partial charge in [-0.05, 0) is 18.6 Å². The van der Waals surface area contributed by atoms with Gasteiger partial charge in [-0.3, -0.25) is 10.1 Å². The Morgan fingerprint density at radius 2 is 2.21 bits per heavy atom. The van der Waals surface area contributed by atoms with E-state index in [0.717, 1.165) is 12.5 Å². The van der Waals surface area contributed by atoms with E-state index in [1.165, 1.54) is 12.1 Å². The SMILES string of the molecule is NS(=O)(=O)c1ccc(NC2CCOC2)c([N+](=O)[O-])c1. The maximum atomic E-state index is 11.2. The first-order valence-electron chi connectivity index (χ1n) is 5.53. The Hall–Kier alpha value is -1.71. The number of nitro groups is 1. The zero-order valence-electron chi connectivity index (χ0n) is 9.90. The Bertz CT molecular complexity index is 595. The maximum absolute atomic E-state index is 11.2. The molecular formula is C10H13N3O5S. The summed E-state index contributed by atoms with van der Waals surface area (Å²) in [6.45, 7) is 1.06. The number of hydrogen-bond donors (Lipinski definition) is 2. The van der Waals surface area contributed by atoms with Crippen molar-refractivity contribution in [1.29, 1.82) is 0 Å². The average Bonchev–Trinajstić information content (AvgIpc) is 2.80. The van der Waals surface area contributed by atoms with Gasteiger partial charge in [0.05, 0.1) is 22.5 Å². The van der Waals surface area contributed by atoms with Gasteiger partial charge in [-0.15, -0.1) is 0 Å². The topological polar surface area (TPSA) is 125 Å². The van der Waals surface area contributed by atoms with Crippen molar-refractivity contribution in [2.75, 3.05) is 18.5 Å². The highest BCUT2D eigenvalue weighted by Gasteiger charge is 2.22. The predicted molar refractivity (Wildman–Crippen MR) is 67.3 cm³/mol. The molecule has 0 aromatic heterocycles. The van der Waals surface area contributed by atoms with E-state index >= 15 is 0 Å². The summed E-state index contributed by atoms with van der Waals surface area (Å²) in [5, 5.41) is 18.9. The van der Waals surface area contributed by atoms with Crippen molar-refractivity contribution in [3.05, 3.63) is 28.3 Å². The fourth-order valence-electron chi connectivity index (χ4n) is 1.83. The van der Waals surface area contributed by atoms with Crippen molar-refractivity contribution in [3.8, 4) is 0 Å². The van der Waals surface area contributed by atoms with Crippen LogP contribution in [0.5, 0.6) is 0 Å². The van der Waals surface area contributed by atoms with E-state index in [2.05, 4.69) is 5.32 Å². The number of anilines is 1. The van der Waals surface area contributed by atoms with Gasteiger partial charge in [-0.25, -0.2) is 13.6 Å². The molecule has 0 amide bonds. The molecule has 19 heavy (non-hydrogen) atoms. The second-order valence-electron chi connectivity index (χ2n) is 4.19. The van der Waals surface area contributed by atoms with Gasteiger partial charge < -0.3 is 10.1 Å². The minimum atomic E-state index is -3.96. The largest absolute Gasteiger partial charge is 0.379 e. The smallest absolute Gasteiger partial charge is 0.293 e. The lowest BCUT2D eigenvalue weighted by Gasteiger charge is -2.12. The molecule has 1 unspecified atom stereocenters. The molecule has 2 rings (SSSR count). The van der Waals surface area contributed by atoms with E-state index in [1.54, 1.807) is 0 Å². The lowest BCUT2D eigenvalue weighted by Crippen LogP contribution is -2.20. The Morgan fingerprint density at radius 1 is 1.47 bits per heavy atom. The van der Waals surface area contributed by atoms with Gasteiger partial charge in [0.2, 0.25) is 10.0 Å². The molecule has 1 aliphatic heterocycles. The number of nitro benzene ring substituents is 1. The van der Waals surface area contributed by atoms with E-state index in [-0.39, 0.29) is 22.3 Å². The van der Waals surface area contributed by atoms with E-state index in [9.17, 15) is 18.5 Å². The van der Waals surface area contributed by atoms with Crippen LogP contribution in [-0.4, -0.2) is 32.6 Å². The molecule has 1 saturated heterocycles. The highest BCUT2D eigenvalue weighted by molar-refractivity contribution is 7.89. The van der Waals surface area contributed by atoms with E-state index in [1.807, 2.05) is 0 Å². The number of benzene rings is 1. The summed E-state index contributed by atoms with van der Waals surface area (Å²) < 4.78 is 27.5. The van der Waals surface area contributed by atoms with Crippen molar-refractivity contribution < 1.29 is 18.1 Å². The van der Waals surface area contributed by atoms with Crippen LogP contribution in [-0.2, 0) is 14.8 Å². The second kappa shape index (κ2) is 5.11. The first-order valence-corrected chi connectivity index (χ1v) is 7.08. The molecule has 0 aliphatic carbocycles. The van der Waals surface area contributed by atoms with Crippen molar-refractivity contribution in [2.45, 2.75) is 17.4 Å². The average molecular weight is 287 g/mol. The van der Waals surface area contributed by atoms with Crippen LogP contribution in [0.2, 0.25) is 0 Å².